The molecule has 6 N–H and O–H groups in total. The lowest BCUT2D eigenvalue weighted by Gasteiger charge is -2.14. The van der Waals surface area contributed by atoms with Crippen molar-refractivity contribution >= 4 is 45.5 Å². The summed E-state index contributed by atoms with van der Waals surface area (Å²) in [6, 6.07) is 9.34. The smallest absolute Gasteiger partial charge is 0.151 e. The second-order valence-corrected chi connectivity index (χ2v) is 7.38. The van der Waals surface area contributed by atoms with Gasteiger partial charge in [0, 0.05) is 27.7 Å². The van der Waals surface area contributed by atoms with Gasteiger partial charge in [-0.05, 0) is 30.3 Å². The van der Waals surface area contributed by atoms with Crippen molar-refractivity contribution in [3.05, 3.63) is 58.4 Å². The Labute approximate surface area is 158 Å². The molecule has 0 atom stereocenters. The van der Waals surface area contributed by atoms with Crippen molar-refractivity contribution in [2.24, 2.45) is 11.5 Å². The van der Waals surface area contributed by atoms with Gasteiger partial charge in [0.15, 0.2) is 10.3 Å². The predicted molar refractivity (Wildman–Crippen MR) is 104 cm³/mol. The van der Waals surface area contributed by atoms with E-state index in [9.17, 15) is 4.39 Å². The number of thioether (sulfide) groups is 2. The Hall–Kier alpha value is -1.90. The summed E-state index contributed by atoms with van der Waals surface area (Å²) in [4.78, 5) is 0. The monoisotopic (exact) mass is 398 g/mol. The Morgan fingerprint density at radius 1 is 0.960 bits per heavy atom. The highest BCUT2D eigenvalue weighted by molar-refractivity contribution is 8.13. The van der Waals surface area contributed by atoms with Gasteiger partial charge in [-0.25, -0.2) is 4.39 Å². The summed E-state index contributed by atoms with van der Waals surface area (Å²) in [7, 11) is 0. The lowest BCUT2D eigenvalue weighted by Crippen LogP contribution is -2.05. The van der Waals surface area contributed by atoms with Crippen LogP contribution in [0.3, 0.4) is 0 Å². The van der Waals surface area contributed by atoms with Gasteiger partial charge in [0.25, 0.3) is 0 Å². The van der Waals surface area contributed by atoms with E-state index in [0.29, 0.717) is 33.6 Å². The molecule has 0 aromatic heterocycles. The Kier molecular flexibility index (Phi) is 6.98. The molecular weight excluding hydrogens is 383 g/mol. The van der Waals surface area contributed by atoms with Crippen LogP contribution >= 0.6 is 35.1 Å². The summed E-state index contributed by atoms with van der Waals surface area (Å²) in [5.74, 6) is 1.31. The van der Waals surface area contributed by atoms with E-state index in [4.69, 9.17) is 38.6 Å². The van der Waals surface area contributed by atoms with Gasteiger partial charge in [-0.1, -0.05) is 41.2 Å². The Morgan fingerprint density at radius 2 is 1.60 bits per heavy atom. The third-order valence-corrected chi connectivity index (χ3v) is 4.81. The molecule has 5 nitrogen and oxygen atoms in total. The highest BCUT2D eigenvalue weighted by Crippen LogP contribution is 2.34. The van der Waals surface area contributed by atoms with Crippen LogP contribution in [0.5, 0.6) is 11.5 Å². The van der Waals surface area contributed by atoms with Crippen LogP contribution in [0.2, 0.25) is 5.02 Å². The van der Waals surface area contributed by atoms with Crippen molar-refractivity contribution in [3.8, 4) is 11.5 Å². The average molecular weight is 399 g/mol. The fourth-order valence-corrected chi connectivity index (χ4v) is 3.18. The van der Waals surface area contributed by atoms with Crippen LogP contribution in [-0.2, 0) is 11.5 Å². The molecule has 0 aliphatic rings. The van der Waals surface area contributed by atoms with E-state index in [1.807, 2.05) is 0 Å². The topological polar surface area (TPSA) is 109 Å². The summed E-state index contributed by atoms with van der Waals surface area (Å²) in [5.41, 5.74) is 12.1. The molecule has 9 heteroatoms. The first-order valence-electron chi connectivity index (χ1n) is 7.03. The van der Waals surface area contributed by atoms with Gasteiger partial charge < -0.3 is 16.2 Å². The van der Waals surface area contributed by atoms with Crippen molar-refractivity contribution in [2.75, 3.05) is 0 Å². The molecule has 2 aromatic rings. The summed E-state index contributed by atoms with van der Waals surface area (Å²) in [5, 5.41) is 15.1. The predicted octanol–water partition coefficient (Wildman–Crippen LogP) is 4.52. The minimum atomic E-state index is -0.398. The number of nitrogens with one attached hydrogen (secondary N) is 2. The molecule has 0 amide bonds. The first-order valence-corrected chi connectivity index (χ1v) is 9.38. The summed E-state index contributed by atoms with van der Waals surface area (Å²) in [6.07, 6.45) is 0. The van der Waals surface area contributed by atoms with E-state index in [1.165, 1.54) is 30.0 Å². The van der Waals surface area contributed by atoms with Crippen molar-refractivity contribution in [1.29, 1.82) is 10.8 Å². The van der Waals surface area contributed by atoms with Crippen LogP contribution in [0, 0.1) is 16.6 Å². The normalized spacial score (nSPS) is 10.5. The molecule has 0 heterocycles. The van der Waals surface area contributed by atoms with Gasteiger partial charge in [-0.3, -0.25) is 10.8 Å². The van der Waals surface area contributed by atoms with Crippen LogP contribution in [0.15, 0.2) is 36.4 Å². The van der Waals surface area contributed by atoms with Crippen LogP contribution in [0.25, 0.3) is 0 Å². The van der Waals surface area contributed by atoms with Gasteiger partial charge >= 0.3 is 0 Å². The van der Waals surface area contributed by atoms with Crippen molar-refractivity contribution in [2.45, 2.75) is 11.5 Å². The number of halogens is 2. The molecule has 0 spiro atoms. The first-order chi connectivity index (χ1) is 11.8. The molecule has 132 valence electrons. The first kappa shape index (κ1) is 19.4. The van der Waals surface area contributed by atoms with E-state index in [-0.39, 0.29) is 10.3 Å². The number of hydrogen-bond acceptors (Lipinski definition) is 5. The Bertz CT molecular complexity index is 804. The zero-order valence-electron chi connectivity index (χ0n) is 13.0. The van der Waals surface area contributed by atoms with Crippen LogP contribution in [0.4, 0.5) is 4.39 Å². The lowest BCUT2D eigenvalue weighted by atomic mass is 10.2. The average Bonchev–Trinajstić information content (AvgIpc) is 2.54. The number of ether oxygens (including phenoxy) is 1. The standard InChI is InChI=1S/C16H16ClFN4OS2/c17-11-2-1-9(7-24-15(19)20)14(6-11)23-13-4-3-12(18)5-10(13)8-25-16(21)22/h1-6H,7-8H2,(H3,19,20)(H3,21,22). The molecule has 2 rings (SSSR count). The van der Waals surface area contributed by atoms with Crippen molar-refractivity contribution in [3.63, 3.8) is 0 Å². The van der Waals surface area contributed by atoms with Gasteiger partial charge in [-0.2, -0.15) is 0 Å². The zero-order chi connectivity index (χ0) is 18.4. The number of rotatable bonds is 6. The van der Waals surface area contributed by atoms with Crippen LogP contribution in [0.1, 0.15) is 11.1 Å². The van der Waals surface area contributed by atoms with Gasteiger partial charge in [-0.15, -0.1) is 0 Å². The summed E-state index contributed by atoms with van der Waals surface area (Å²) < 4.78 is 19.5. The summed E-state index contributed by atoms with van der Waals surface area (Å²) >= 11 is 8.29. The highest BCUT2D eigenvalue weighted by Gasteiger charge is 2.12. The molecule has 0 fully saturated rings. The Balaban J connectivity index is 2.30. The number of benzene rings is 2. The second-order valence-electron chi connectivity index (χ2n) is 4.91. The van der Waals surface area contributed by atoms with E-state index < -0.39 is 5.82 Å². The molecule has 0 aliphatic carbocycles. The second kappa shape index (κ2) is 8.98. The maximum atomic E-state index is 13.6. The maximum Gasteiger partial charge on any atom is 0.151 e. The van der Waals surface area contributed by atoms with E-state index in [2.05, 4.69) is 0 Å². The molecule has 25 heavy (non-hydrogen) atoms. The fraction of sp³-hybridized carbons (Fsp3) is 0.125. The van der Waals surface area contributed by atoms with Gasteiger partial charge in [0.05, 0.1) is 0 Å². The lowest BCUT2D eigenvalue weighted by molar-refractivity contribution is 0.472. The third kappa shape index (κ3) is 6.15. The summed E-state index contributed by atoms with van der Waals surface area (Å²) in [6.45, 7) is 0. The Morgan fingerprint density at radius 3 is 2.24 bits per heavy atom. The highest BCUT2D eigenvalue weighted by atomic mass is 35.5. The van der Waals surface area contributed by atoms with E-state index in [0.717, 1.165) is 17.3 Å². The maximum absolute atomic E-state index is 13.6. The van der Waals surface area contributed by atoms with Crippen LogP contribution < -0.4 is 16.2 Å². The van der Waals surface area contributed by atoms with Gasteiger partial charge in [0.2, 0.25) is 0 Å². The molecule has 0 saturated heterocycles. The zero-order valence-corrected chi connectivity index (χ0v) is 15.4. The van der Waals surface area contributed by atoms with Crippen LogP contribution in [-0.4, -0.2) is 10.3 Å². The molecule has 0 bridgehead atoms. The molecular formula is C16H16ClFN4OS2. The fourth-order valence-electron chi connectivity index (χ4n) is 1.93. The number of amidine groups is 2. The van der Waals surface area contributed by atoms with E-state index in [1.54, 1.807) is 18.2 Å². The van der Waals surface area contributed by atoms with Crippen molar-refractivity contribution < 1.29 is 9.13 Å². The SMILES string of the molecule is N=C(N)SCc1cc(F)ccc1Oc1cc(Cl)ccc1CSC(=N)N. The molecule has 0 unspecified atom stereocenters. The van der Waals surface area contributed by atoms with Crippen molar-refractivity contribution in [1.82, 2.24) is 0 Å². The minimum absolute atomic E-state index is 0.00114. The quantitative estimate of drug-likeness (QED) is 0.422. The molecule has 0 saturated carbocycles. The van der Waals surface area contributed by atoms with E-state index >= 15 is 0 Å². The number of nitrogens with two attached hydrogens (primary N) is 2. The minimum Gasteiger partial charge on any atom is -0.457 e. The molecule has 0 radical (unpaired) electrons. The molecule has 0 aliphatic heterocycles. The molecule has 2 aromatic carbocycles. The van der Waals surface area contributed by atoms with Gasteiger partial charge in [0.1, 0.15) is 17.3 Å². The third-order valence-electron chi connectivity index (χ3n) is 3.04. The number of hydrogen-bond donors (Lipinski definition) is 4. The largest absolute Gasteiger partial charge is 0.457 e.